The van der Waals surface area contributed by atoms with Crippen molar-refractivity contribution in [1.29, 1.82) is 0 Å². The van der Waals surface area contributed by atoms with Crippen molar-refractivity contribution in [1.82, 2.24) is 10.2 Å². The summed E-state index contributed by atoms with van der Waals surface area (Å²) in [5, 5.41) is 6.46. The Morgan fingerprint density at radius 1 is 1.24 bits per heavy atom. The third-order valence-electron chi connectivity index (χ3n) is 4.48. The number of carbonyl (C=O) groups excluding carboxylic acids is 1. The van der Waals surface area contributed by atoms with E-state index in [0.717, 1.165) is 50.1 Å². The van der Waals surface area contributed by atoms with Crippen molar-refractivity contribution in [3.8, 4) is 0 Å². The minimum absolute atomic E-state index is 0.0805. The van der Waals surface area contributed by atoms with Crippen LogP contribution < -0.4 is 10.6 Å². The highest BCUT2D eigenvalue weighted by molar-refractivity contribution is 5.97. The third-order valence-corrected chi connectivity index (χ3v) is 4.48. The quantitative estimate of drug-likeness (QED) is 0.817. The van der Waals surface area contributed by atoms with Crippen molar-refractivity contribution in [3.05, 3.63) is 29.3 Å². The van der Waals surface area contributed by atoms with Crippen LogP contribution in [0.3, 0.4) is 0 Å². The van der Waals surface area contributed by atoms with E-state index in [9.17, 15) is 4.79 Å². The molecular weight excluding hydrogens is 262 g/mol. The second-order valence-corrected chi connectivity index (χ2v) is 6.02. The molecule has 1 saturated heterocycles. The fraction of sp³-hybridized carbons (Fsp3) is 0.588. The molecule has 2 heterocycles. The van der Waals surface area contributed by atoms with Crippen LogP contribution in [-0.4, -0.2) is 43.5 Å². The van der Waals surface area contributed by atoms with Gasteiger partial charge in [-0.25, -0.2) is 0 Å². The summed E-state index contributed by atoms with van der Waals surface area (Å²) in [4.78, 5) is 14.8. The topological polar surface area (TPSA) is 44.4 Å². The average molecular weight is 287 g/mol. The minimum atomic E-state index is 0.0805. The van der Waals surface area contributed by atoms with Gasteiger partial charge in [0.05, 0.1) is 0 Å². The first kappa shape index (κ1) is 14.4. The largest absolute Gasteiger partial charge is 0.385 e. The van der Waals surface area contributed by atoms with Gasteiger partial charge in [0.2, 0.25) is 0 Å². The normalized spacial score (nSPS) is 18.1. The summed E-state index contributed by atoms with van der Waals surface area (Å²) in [6.45, 7) is 5.34. The van der Waals surface area contributed by atoms with Gasteiger partial charge >= 0.3 is 0 Å². The maximum atomic E-state index is 12.4. The molecule has 1 fully saturated rings. The number of nitrogens with one attached hydrogen (secondary N) is 2. The minimum Gasteiger partial charge on any atom is -0.385 e. The first-order chi connectivity index (χ1) is 10.3. The number of benzene rings is 1. The van der Waals surface area contributed by atoms with E-state index in [1.807, 2.05) is 12.1 Å². The highest BCUT2D eigenvalue weighted by atomic mass is 16.1. The Kier molecular flexibility index (Phi) is 4.76. The maximum absolute atomic E-state index is 12.4. The number of amides is 1. The first-order valence-corrected chi connectivity index (χ1v) is 8.21. The zero-order valence-electron chi connectivity index (χ0n) is 12.7. The van der Waals surface area contributed by atoms with Gasteiger partial charge in [-0.1, -0.05) is 6.07 Å². The molecule has 4 nitrogen and oxygen atoms in total. The summed E-state index contributed by atoms with van der Waals surface area (Å²) in [6.07, 6.45) is 5.80. The highest BCUT2D eigenvalue weighted by Gasteiger charge is 2.17. The van der Waals surface area contributed by atoms with E-state index in [2.05, 4.69) is 21.6 Å². The molecule has 0 aromatic heterocycles. The summed E-state index contributed by atoms with van der Waals surface area (Å²) in [6, 6.07) is 5.98. The molecule has 2 N–H and O–H groups in total. The van der Waals surface area contributed by atoms with Gasteiger partial charge in [-0.3, -0.25) is 4.79 Å². The van der Waals surface area contributed by atoms with Crippen LogP contribution >= 0.6 is 0 Å². The summed E-state index contributed by atoms with van der Waals surface area (Å²) in [5.74, 6) is 0.0805. The van der Waals surface area contributed by atoms with Gasteiger partial charge in [0.25, 0.3) is 5.91 Å². The lowest BCUT2D eigenvalue weighted by Gasteiger charge is -2.20. The fourth-order valence-electron chi connectivity index (χ4n) is 3.33. The molecule has 1 aromatic carbocycles. The van der Waals surface area contributed by atoms with E-state index >= 15 is 0 Å². The van der Waals surface area contributed by atoms with E-state index in [4.69, 9.17) is 0 Å². The number of likely N-dealkylation sites (tertiary alicyclic amines) is 1. The number of hydrogen-bond donors (Lipinski definition) is 2. The molecule has 0 bridgehead atoms. The molecule has 4 heteroatoms. The third kappa shape index (κ3) is 3.56. The highest BCUT2D eigenvalue weighted by Crippen LogP contribution is 2.25. The summed E-state index contributed by atoms with van der Waals surface area (Å²) < 4.78 is 0. The molecule has 0 atom stereocenters. The maximum Gasteiger partial charge on any atom is 0.251 e. The molecule has 2 aliphatic rings. The standard InChI is InChI=1S/C17H25N3O/c21-17(19-10-5-13-20-11-1-2-12-20)15-6-3-8-16-14(15)7-4-9-18-16/h3,6,8,18H,1-2,4-5,7,9-13H2,(H,19,21). The Morgan fingerprint density at radius 3 is 2.95 bits per heavy atom. The molecule has 3 rings (SSSR count). The van der Waals surface area contributed by atoms with E-state index < -0.39 is 0 Å². The fourth-order valence-corrected chi connectivity index (χ4v) is 3.33. The van der Waals surface area contributed by atoms with Crippen molar-refractivity contribution in [2.45, 2.75) is 32.1 Å². The predicted molar refractivity (Wildman–Crippen MR) is 85.9 cm³/mol. The molecule has 1 aromatic rings. The lowest BCUT2D eigenvalue weighted by molar-refractivity contribution is 0.0951. The molecule has 0 unspecified atom stereocenters. The van der Waals surface area contributed by atoms with Crippen molar-refractivity contribution in [3.63, 3.8) is 0 Å². The second kappa shape index (κ2) is 6.94. The van der Waals surface area contributed by atoms with Crippen LogP contribution in [0.5, 0.6) is 0 Å². The van der Waals surface area contributed by atoms with Gasteiger partial charge < -0.3 is 15.5 Å². The van der Waals surface area contributed by atoms with Crippen LogP contribution in [0, 0.1) is 0 Å². The molecule has 21 heavy (non-hydrogen) atoms. The molecular formula is C17H25N3O. The summed E-state index contributed by atoms with van der Waals surface area (Å²) >= 11 is 0. The summed E-state index contributed by atoms with van der Waals surface area (Å²) in [7, 11) is 0. The van der Waals surface area contributed by atoms with E-state index in [1.165, 1.54) is 31.5 Å². The Morgan fingerprint density at radius 2 is 2.10 bits per heavy atom. The first-order valence-electron chi connectivity index (χ1n) is 8.21. The molecule has 0 radical (unpaired) electrons. The number of fused-ring (bicyclic) bond motifs is 1. The molecule has 0 saturated carbocycles. The van der Waals surface area contributed by atoms with Crippen molar-refractivity contribution in [2.24, 2.45) is 0 Å². The zero-order valence-corrected chi connectivity index (χ0v) is 12.7. The monoisotopic (exact) mass is 287 g/mol. The van der Waals surface area contributed by atoms with Crippen LogP contribution in [-0.2, 0) is 6.42 Å². The van der Waals surface area contributed by atoms with Gasteiger partial charge in [-0.2, -0.15) is 0 Å². The second-order valence-electron chi connectivity index (χ2n) is 6.02. The number of rotatable bonds is 5. The van der Waals surface area contributed by atoms with Crippen LogP contribution in [0.1, 0.15) is 41.6 Å². The van der Waals surface area contributed by atoms with Crippen molar-refractivity contribution >= 4 is 11.6 Å². The van der Waals surface area contributed by atoms with Gasteiger partial charge in [0, 0.05) is 24.3 Å². The molecule has 0 aliphatic carbocycles. The average Bonchev–Trinajstić information content (AvgIpc) is 3.04. The number of nitrogens with zero attached hydrogens (tertiary/aromatic N) is 1. The smallest absolute Gasteiger partial charge is 0.251 e. The van der Waals surface area contributed by atoms with Gasteiger partial charge in [0.15, 0.2) is 0 Å². The number of carbonyl (C=O) groups is 1. The van der Waals surface area contributed by atoms with Gasteiger partial charge in [-0.15, -0.1) is 0 Å². The Bertz CT molecular complexity index is 495. The Hall–Kier alpha value is -1.55. The van der Waals surface area contributed by atoms with Gasteiger partial charge in [0.1, 0.15) is 0 Å². The van der Waals surface area contributed by atoms with Crippen LogP contribution in [0.2, 0.25) is 0 Å². The van der Waals surface area contributed by atoms with Crippen molar-refractivity contribution < 1.29 is 4.79 Å². The molecule has 0 spiro atoms. The number of anilines is 1. The lowest BCUT2D eigenvalue weighted by Crippen LogP contribution is -2.29. The Balaban J connectivity index is 1.51. The SMILES string of the molecule is O=C(NCCCN1CCCC1)c1cccc2c1CCCN2. The molecule has 1 amide bonds. The van der Waals surface area contributed by atoms with E-state index in [1.54, 1.807) is 0 Å². The van der Waals surface area contributed by atoms with Crippen LogP contribution in [0.4, 0.5) is 5.69 Å². The van der Waals surface area contributed by atoms with Gasteiger partial charge in [-0.05, 0) is 69.4 Å². The molecule has 114 valence electrons. The van der Waals surface area contributed by atoms with E-state index in [-0.39, 0.29) is 5.91 Å². The lowest BCUT2D eigenvalue weighted by atomic mass is 9.97. The van der Waals surface area contributed by atoms with E-state index in [0.29, 0.717) is 0 Å². The Labute approximate surface area is 126 Å². The number of hydrogen-bond acceptors (Lipinski definition) is 3. The predicted octanol–water partition coefficient (Wildman–Crippen LogP) is 2.26. The summed E-state index contributed by atoms with van der Waals surface area (Å²) in [5.41, 5.74) is 3.16. The van der Waals surface area contributed by atoms with Crippen LogP contribution in [0.25, 0.3) is 0 Å². The zero-order chi connectivity index (χ0) is 14.5. The molecule has 2 aliphatic heterocycles. The van der Waals surface area contributed by atoms with Crippen LogP contribution in [0.15, 0.2) is 18.2 Å². The van der Waals surface area contributed by atoms with Crippen molar-refractivity contribution in [2.75, 3.05) is 38.0 Å².